The summed E-state index contributed by atoms with van der Waals surface area (Å²) in [5, 5.41) is 7.34. The number of hydrogen-bond acceptors (Lipinski definition) is 4. The van der Waals surface area contributed by atoms with E-state index in [4.69, 9.17) is 4.74 Å². The molecule has 1 aliphatic rings. The summed E-state index contributed by atoms with van der Waals surface area (Å²) in [7, 11) is 0. The molecule has 1 N–H and O–H groups in total. The van der Waals surface area contributed by atoms with E-state index in [1.54, 1.807) is 17.1 Å². The minimum absolute atomic E-state index is 0.128. The Bertz CT molecular complexity index is 995. The fourth-order valence-corrected chi connectivity index (χ4v) is 3.82. The fraction of sp³-hybridized carbons (Fsp3) is 0.348. The first-order chi connectivity index (χ1) is 14.1. The van der Waals surface area contributed by atoms with Crippen LogP contribution >= 0.6 is 0 Å². The predicted molar refractivity (Wildman–Crippen MR) is 112 cm³/mol. The van der Waals surface area contributed by atoms with E-state index in [0.717, 1.165) is 24.3 Å². The lowest BCUT2D eigenvalue weighted by atomic mass is 10.1. The van der Waals surface area contributed by atoms with Gasteiger partial charge in [0, 0.05) is 6.20 Å². The summed E-state index contributed by atoms with van der Waals surface area (Å²) in [5.74, 6) is 1.55. The van der Waals surface area contributed by atoms with Crippen molar-refractivity contribution in [1.29, 1.82) is 0 Å². The number of hydrogen-bond donors (Lipinski definition) is 1. The number of nitrogens with one attached hydrogen (secondary N) is 1. The van der Waals surface area contributed by atoms with Gasteiger partial charge in [-0.15, -0.1) is 0 Å². The van der Waals surface area contributed by atoms with Crippen molar-refractivity contribution in [3.63, 3.8) is 0 Å². The number of rotatable bonds is 7. The maximum atomic E-state index is 12.7. The van der Waals surface area contributed by atoms with Crippen LogP contribution in [0.2, 0.25) is 0 Å². The van der Waals surface area contributed by atoms with Crippen LogP contribution < -0.4 is 10.1 Å². The Morgan fingerprint density at radius 3 is 2.86 bits per heavy atom. The highest BCUT2D eigenvalue weighted by atomic mass is 16.5. The zero-order valence-corrected chi connectivity index (χ0v) is 16.9. The monoisotopic (exact) mass is 390 g/mol. The molecule has 2 aromatic heterocycles. The van der Waals surface area contributed by atoms with Gasteiger partial charge in [0.1, 0.15) is 12.4 Å². The molecule has 0 spiro atoms. The van der Waals surface area contributed by atoms with Crippen molar-refractivity contribution >= 4 is 5.91 Å². The molecule has 0 saturated carbocycles. The molecule has 0 fully saturated rings. The van der Waals surface area contributed by atoms with Crippen molar-refractivity contribution in [3.05, 3.63) is 71.2 Å². The lowest BCUT2D eigenvalue weighted by Crippen LogP contribution is -2.29. The molecule has 0 saturated heterocycles. The summed E-state index contributed by atoms with van der Waals surface area (Å²) in [6, 6.07) is 11.9. The van der Waals surface area contributed by atoms with Crippen LogP contribution in [0.4, 0.5) is 0 Å². The van der Waals surface area contributed by atoms with Crippen molar-refractivity contribution in [2.24, 2.45) is 0 Å². The summed E-state index contributed by atoms with van der Waals surface area (Å²) in [6.45, 7) is 4.95. The molecule has 29 heavy (non-hydrogen) atoms. The number of aryl methyl sites for hydroxylation is 2. The Labute approximate surface area is 170 Å². The van der Waals surface area contributed by atoms with Gasteiger partial charge in [0.05, 0.1) is 24.0 Å². The molecule has 0 aliphatic heterocycles. The van der Waals surface area contributed by atoms with E-state index in [0.29, 0.717) is 24.5 Å². The molecule has 3 aromatic rings. The van der Waals surface area contributed by atoms with Crippen molar-refractivity contribution in [2.75, 3.05) is 13.2 Å². The van der Waals surface area contributed by atoms with Gasteiger partial charge >= 0.3 is 0 Å². The molecular formula is C23H26N4O2. The molecule has 1 aromatic carbocycles. The smallest absolute Gasteiger partial charge is 0.254 e. The molecule has 0 bridgehead atoms. The maximum Gasteiger partial charge on any atom is 0.254 e. The van der Waals surface area contributed by atoms with Crippen LogP contribution in [0.5, 0.6) is 5.75 Å². The average Bonchev–Trinajstić information content (AvgIpc) is 3.38. The second-order valence-electron chi connectivity index (χ2n) is 7.59. The van der Waals surface area contributed by atoms with Crippen molar-refractivity contribution in [3.8, 4) is 11.6 Å². The predicted octanol–water partition coefficient (Wildman–Crippen LogP) is 3.69. The minimum Gasteiger partial charge on any atom is -0.492 e. The minimum atomic E-state index is -0.145. The maximum absolute atomic E-state index is 12.7. The summed E-state index contributed by atoms with van der Waals surface area (Å²) in [4.78, 5) is 17.1. The Balaban J connectivity index is 1.38. The fourth-order valence-electron chi connectivity index (χ4n) is 3.82. The number of nitrogens with zero attached hydrogens (tertiary/aromatic N) is 3. The Morgan fingerprint density at radius 1 is 1.21 bits per heavy atom. The molecule has 0 atom stereocenters. The largest absolute Gasteiger partial charge is 0.492 e. The quantitative estimate of drug-likeness (QED) is 0.625. The Kier molecular flexibility index (Phi) is 5.60. The van der Waals surface area contributed by atoms with Crippen LogP contribution in [0.3, 0.4) is 0 Å². The first-order valence-corrected chi connectivity index (χ1v) is 10.2. The zero-order chi connectivity index (χ0) is 20.2. The molecule has 1 aliphatic carbocycles. The van der Waals surface area contributed by atoms with Crippen molar-refractivity contribution in [2.45, 2.75) is 39.0 Å². The molecule has 0 unspecified atom stereocenters. The van der Waals surface area contributed by atoms with E-state index in [1.807, 2.05) is 38.1 Å². The van der Waals surface area contributed by atoms with E-state index >= 15 is 0 Å². The SMILES string of the molecule is CC(C)c1c(C(=O)NCCOc2ccc3c(c2)CCC3)cnn1-c1ccccn1. The third kappa shape index (κ3) is 4.16. The normalized spacial score (nSPS) is 12.8. The van der Waals surface area contributed by atoms with Crippen LogP contribution in [0.1, 0.15) is 53.4 Å². The van der Waals surface area contributed by atoms with Gasteiger partial charge in [-0.2, -0.15) is 5.10 Å². The highest BCUT2D eigenvalue weighted by Gasteiger charge is 2.21. The number of carbonyl (C=O) groups is 1. The van der Waals surface area contributed by atoms with Crippen molar-refractivity contribution in [1.82, 2.24) is 20.1 Å². The van der Waals surface area contributed by atoms with Crippen molar-refractivity contribution < 1.29 is 9.53 Å². The van der Waals surface area contributed by atoms with Gasteiger partial charge in [-0.1, -0.05) is 26.0 Å². The second kappa shape index (κ2) is 8.47. The van der Waals surface area contributed by atoms with E-state index in [2.05, 4.69) is 27.5 Å². The first kappa shape index (κ1) is 19.2. The van der Waals surface area contributed by atoms with Crippen LogP contribution in [0.15, 0.2) is 48.8 Å². The van der Waals surface area contributed by atoms with Crippen LogP contribution in [0, 0.1) is 0 Å². The molecular weight excluding hydrogens is 364 g/mol. The van der Waals surface area contributed by atoms with E-state index in [9.17, 15) is 4.79 Å². The van der Waals surface area contributed by atoms with Gasteiger partial charge in [0.15, 0.2) is 5.82 Å². The standard InChI is InChI=1S/C23H26N4O2/c1-16(2)22-20(15-26-27(22)21-8-3-4-11-24-21)23(28)25-12-13-29-19-10-9-17-6-5-7-18(17)14-19/h3-4,8-11,14-16H,5-7,12-13H2,1-2H3,(H,25,28). The molecule has 6 nitrogen and oxygen atoms in total. The number of fused-ring (bicyclic) bond motifs is 1. The highest BCUT2D eigenvalue weighted by Crippen LogP contribution is 2.26. The number of ether oxygens (including phenoxy) is 1. The van der Waals surface area contributed by atoms with E-state index in [1.165, 1.54) is 17.5 Å². The van der Waals surface area contributed by atoms with Gasteiger partial charge in [0.2, 0.25) is 0 Å². The van der Waals surface area contributed by atoms with E-state index in [-0.39, 0.29) is 11.8 Å². The highest BCUT2D eigenvalue weighted by molar-refractivity contribution is 5.95. The third-order valence-electron chi connectivity index (χ3n) is 5.19. The molecule has 2 heterocycles. The summed E-state index contributed by atoms with van der Waals surface area (Å²) in [5.41, 5.74) is 4.23. The number of aromatic nitrogens is 3. The molecule has 1 amide bonds. The third-order valence-corrected chi connectivity index (χ3v) is 5.19. The second-order valence-corrected chi connectivity index (χ2v) is 7.59. The summed E-state index contributed by atoms with van der Waals surface area (Å²) < 4.78 is 7.56. The molecule has 150 valence electrons. The number of benzene rings is 1. The zero-order valence-electron chi connectivity index (χ0n) is 16.9. The van der Waals surface area contributed by atoms with Gasteiger partial charge in [0.25, 0.3) is 5.91 Å². The van der Waals surface area contributed by atoms with Crippen LogP contribution in [-0.4, -0.2) is 33.8 Å². The van der Waals surface area contributed by atoms with Gasteiger partial charge in [-0.05, 0) is 60.6 Å². The Hall–Kier alpha value is -3.15. The van der Waals surface area contributed by atoms with Gasteiger partial charge < -0.3 is 10.1 Å². The summed E-state index contributed by atoms with van der Waals surface area (Å²) in [6.07, 6.45) is 6.84. The lowest BCUT2D eigenvalue weighted by Gasteiger charge is -2.13. The summed E-state index contributed by atoms with van der Waals surface area (Å²) >= 11 is 0. The van der Waals surface area contributed by atoms with Crippen LogP contribution in [-0.2, 0) is 12.8 Å². The van der Waals surface area contributed by atoms with Gasteiger partial charge in [-0.3, -0.25) is 4.79 Å². The molecule has 4 rings (SSSR count). The number of amides is 1. The molecule has 6 heteroatoms. The number of pyridine rings is 1. The van der Waals surface area contributed by atoms with E-state index < -0.39 is 0 Å². The molecule has 0 radical (unpaired) electrons. The van der Waals surface area contributed by atoms with Gasteiger partial charge in [-0.25, -0.2) is 9.67 Å². The topological polar surface area (TPSA) is 69.0 Å². The number of carbonyl (C=O) groups excluding carboxylic acids is 1. The first-order valence-electron chi connectivity index (χ1n) is 10.2. The average molecular weight is 390 g/mol. The Morgan fingerprint density at radius 2 is 2.07 bits per heavy atom. The van der Waals surface area contributed by atoms with Crippen LogP contribution in [0.25, 0.3) is 5.82 Å². The lowest BCUT2D eigenvalue weighted by molar-refractivity contribution is 0.0945.